The van der Waals surface area contributed by atoms with Gasteiger partial charge in [-0.2, -0.15) is 13.2 Å². The Morgan fingerprint density at radius 2 is 1.19 bits per heavy atom. The Bertz CT molecular complexity index is 635. The van der Waals surface area contributed by atoms with E-state index in [2.05, 4.69) is 0 Å². The first kappa shape index (κ1) is 15.7. The second kappa shape index (κ2) is 5.59. The molecule has 8 heteroatoms. The third-order valence-corrected chi connectivity index (χ3v) is 3.54. The van der Waals surface area contributed by atoms with Crippen LogP contribution >= 0.6 is 11.8 Å². The lowest BCUT2D eigenvalue weighted by atomic mass is 10.1. The Morgan fingerprint density at radius 1 is 0.714 bits per heavy atom. The van der Waals surface area contributed by atoms with Crippen molar-refractivity contribution in [2.75, 3.05) is 0 Å². The van der Waals surface area contributed by atoms with Crippen LogP contribution in [0.15, 0.2) is 40.1 Å². The fraction of sp³-hybridized carbons (Fsp3) is 0.0769. The van der Waals surface area contributed by atoms with Crippen LogP contribution in [-0.4, -0.2) is 0 Å². The smallest absolute Gasteiger partial charge is 0.203 e. The molecule has 0 aliphatic carbocycles. The molecule has 0 heterocycles. The maximum Gasteiger partial charge on any atom is 0.422 e. The van der Waals surface area contributed by atoms with Gasteiger partial charge in [-0.1, -0.05) is 30.0 Å². The average molecular weight is 326 g/mol. The summed E-state index contributed by atoms with van der Waals surface area (Å²) in [7, 11) is 0. The van der Waals surface area contributed by atoms with Crippen molar-refractivity contribution >= 4 is 11.8 Å². The minimum absolute atomic E-state index is 0.217. The van der Waals surface area contributed by atoms with Crippen molar-refractivity contribution < 1.29 is 30.7 Å². The minimum atomic E-state index is -5.54. The normalized spacial score (nSPS) is 11.8. The highest BCUT2D eigenvalue weighted by Gasteiger charge is 2.42. The molecule has 0 radical (unpaired) electrons. The molecule has 0 unspecified atom stereocenters. The lowest BCUT2D eigenvalue weighted by Gasteiger charge is -2.13. The highest BCUT2D eigenvalue weighted by Crippen LogP contribution is 2.41. The lowest BCUT2D eigenvalue weighted by molar-refractivity contribution is -0.143. The van der Waals surface area contributed by atoms with E-state index in [1.54, 1.807) is 6.07 Å². The van der Waals surface area contributed by atoms with Gasteiger partial charge in [0.2, 0.25) is 0 Å². The highest BCUT2D eigenvalue weighted by molar-refractivity contribution is 7.99. The van der Waals surface area contributed by atoms with Gasteiger partial charge in [-0.15, -0.1) is 0 Å². The maximum absolute atomic E-state index is 13.6. The van der Waals surface area contributed by atoms with Crippen LogP contribution in [0.3, 0.4) is 0 Å². The number of hydrogen-bond donors (Lipinski definition) is 0. The van der Waals surface area contributed by atoms with Crippen molar-refractivity contribution in [2.45, 2.75) is 16.0 Å². The molecule has 0 amide bonds. The molecule has 0 nitrogen and oxygen atoms in total. The van der Waals surface area contributed by atoms with Gasteiger partial charge in [0.15, 0.2) is 23.3 Å². The summed E-state index contributed by atoms with van der Waals surface area (Å²) in [4.78, 5) is -0.946. The van der Waals surface area contributed by atoms with Crippen molar-refractivity contribution in [3.05, 3.63) is 59.2 Å². The third-order valence-electron chi connectivity index (χ3n) is 2.47. The van der Waals surface area contributed by atoms with Gasteiger partial charge < -0.3 is 0 Å². The summed E-state index contributed by atoms with van der Waals surface area (Å²) in [5, 5.41) is 0. The van der Waals surface area contributed by atoms with Crippen molar-refractivity contribution in [1.29, 1.82) is 0 Å². The fourth-order valence-electron chi connectivity index (χ4n) is 1.56. The van der Waals surface area contributed by atoms with E-state index >= 15 is 0 Å². The molecule has 0 aromatic heterocycles. The molecule has 0 bridgehead atoms. The van der Waals surface area contributed by atoms with Crippen LogP contribution in [0.2, 0.25) is 0 Å². The van der Waals surface area contributed by atoms with Crippen LogP contribution in [0.1, 0.15) is 5.56 Å². The number of hydrogen-bond acceptors (Lipinski definition) is 1. The standard InChI is InChI=1S/C13H5F7S/c14-8-7(13(18,19)20)9(15)11(17)12(10(8)16)21-6-4-2-1-3-5-6/h1-5H. The van der Waals surface area contributed by atoms with E-state index in [0.29, 0.717) is 11.8 Å². The monoisotopic (exact) mass is 326 g/mol. The predicted molar refractivity (Wildman–Crippen MR) is 61.8 cm³/mol. The van der Waals surface area contributed by atoms with Gasteiger partial charge in [0.1, 0.15) is 5.56 Å². The summed E-state index contributed by atoms with van der Waals surface area (Å²) in [6, 6.07) is 7.35. The lowest BCUT2D eigenvalue weighted by Crippen LogP contribution is -2.15. The van der Waals surface area contributed by atoms with E-state index in [9.17, 15) is 30.7 Å². The molecule has 0 fully saturated rings. The van der Waals surface area contributed by atoms with Crippen molar-refractivity contribution in [2.24, 2.45) is 0 Å². The second-order valence-corrected chi connectivity index (χ2v) is 4.96. The molecule has 0 N–H and O–H groups in total. The summed E-state index contributed by atoms with van der Waals surface area (Å²) in [5.74, 6) is -9.06. The largest absolute Gasteiger partial charge is 0.422 e. The Balaban J connectivity index is 2.60. The van der Waals surface area contributed by atoms with Gasteiger partial charge in [-0.05, 0) is 12.1 Å². The van der Waals surface area contributed by atoms with Crippen LogP contribution in [0.4, 0.5) is 30.7 Å². The summed E-state index contributed by atoms with van der Waals surface area (Å²) in [5.41, 5.74) is -2.57. The second-order valence-electron chi connectivity index (χ2n) is 3.87. The summed E-state index contributed by atoms with van der Waals surface area (Å²) in [6.07, 6.45) is -5.54. The molecule has 0 aliphatic heterocycles. The quantitative estimate of drug-likeness (QED) is 0.525. The summed E-state index contributed by atoms with van der Waals surface area (Å²) < 4.78 is 91.2. The molecule has 0 saturated heterocycles. The van der Waals surface area contributed by atoms with E-state index in [1.807, 2.05) is 0 Å². The first-order chi connectivity index (χ1) is 9.73. The zero-order chi connectivity index (χ0) is 15.8. The maximum atomic E-state index is 13.6. The van der Waals surface area contributed by atoms with Gasteiger partial charge in [0.05, 0.1) is 4.90 Å². The first-order valence-electron chi connectivity index (χ1n) is 5.39. The number of rotatable bonds is 2. The van der Waals surface area contributed by atoms with Gasteiger partial charge in [0, 0.05) is 4.90 Å². The van der Waals surface area contributed by atoms with Crippen molar-refractivity contribution in [3.63, 3.8) is 0 Å². The van der Waals surface area contributed by atoms with E-state index in [-0.39, 0.29) is 4.90 Å². The molecule has 112 valence electrons. The van der Waals surface area contributed by atoms with Gasteiger partial charge in [-0.25, -0.2) is 17.6 Å². The molecule has 0 spiro atoms. The molecule has 0 atom stereocenters. The van der Waals surface area contributed by atoms with Crippen molar-refractivity contribution in [3.8, 4) is 0 Å². The van der Waals surface area contributed by atoms with E-state index in [1.165, 1.54) is 24.3 Å². The van der Waals surface area contributed by atoms with Crippen LogP contribution in [0.5, 0.6) is 0 Å². The van der Waals surface area contributed by atoms with Crippen LogP contribution in [0.25, 0.3) is 0 Å². The van der Waals surface area contributed by atoms with E-state index in [0.717, 1.165) is 0 Å². The average Bonchev–Trinajstić information content (AvgIpc) is 2.41. The zero-order valence-electron chi connectivity index (χ0n) is 9.94. The van der Waals surface area contributed by atoms with Gasteiger partial charge >= 0.3 is 6.18 Å². The Labute approximate surface area is 118 Å². The fourth-order valence-corrected chi connectivity index (χ4v) is 2.44. The number of alkyl halides is 3. The van der Waals surface area contributed by atoms with E-state index in [4.69, 9.17) is 0 Å². The molecule has 2 aromatic rings. The summed E-state index contributed by atoms with van der Waals surface area (Å²) in [6.45, 7) is 0. The Kier molecular flexibility index (Phi) is 4.18. The SMILES string of the molecule is Fc1c(F)c(C(F)(F)F)c(F)c(F)c1Sc1ccccc1. The van der Waals surface area contributed by atoms with Crippen LogP contribution in [0, 0.1) is 23.3 Å². The molecular weight excluding hydrogens is 321 g/mol. The number of benzene rings is 2. The first-order valence-corrected chi connectivity index (χ1v) is 6.21. The van der Waals surface area contributed by atoms with Gasteiger partial charge in [0.25, 0.3) is 0 Å². The molecule has 21 heavy (non-hydrogen) atoms. The Morgan fingerprint density at radius 3 is 1.62 bits per heavy atom. The third kappa shape index (κ3) is 2.99. The number of halogens is 7. The summed E-state index contributed by atoms with van der Waals surface area (Å²) >= 11 is 0.291. The van der Waals surface area contributed by atoms with Crippen LogP contribution in [-0.2, 0) is 6.18 Å². The Hall–Kier alpha value is -1.70. The molecule has 2 aromatic carbocycles. The molecular formula is C13H5F7S. The predicted octanol–water partition coefficient (Wildman–Crippen LogP) is 5.41. The minimum Gasteiger partial charge on any atom is -0.203 e. The van der Waals surface area contributed by atoms with Gasteiger partial charge in [-0.3, -0.25) is 0 Å². The molecule has 0 aliphatic rings. The topological polar surface area (TPSA) is 0 Å². The zero-order valence-corrected chi connectivity index (χ0v) is 10.8. The molecule has 0 saturated carbocycles. The van der Waals surface area contributed by atoms with Crippen LogP contribution < -0.4 is 0 Å². The van der Waals surface area contributed by atoms with E-state index < -0.39 is 39.9 Å². The van der Waals surface area contributed by atoms with Crippen molar-refractivity contribution in [1.82, 2.24) is 0 Å². The molecule has 2 rings (SSSR count). The highest BCUT2D eigenvalue weighted by atomic mass is 32.2.